The van der Waals surface area contributed by atoms with Gasteiger partial charge >= 0.3 is 0 Å². The van der Waals surface area contributed by atoms with Crippen LogP contribution in [0.15, 0.2) is 35.1 Å². The van der Waals surface area contributed by atoms with Gasteiger partial charge in [-0.05, 0) is 18.9 Å². The molecule has 1 aliphatic carbocycles. The molecule has 0 amide bonds. The molecule has 0 atom stereocenters. The van der Waals surface area contributed by atoms with Gasteiger partial charge in [0.1, 0.15) is 5.82 Å². The highest BCUT2D eigenvalue weighted by molar-refractivity contribution is 5.67. The Morgan fingerprint density at radius 1 is 1.32 bits per heavy atom. The van der Waals surface area contributed by atoms with Crippen molar-refractivity contribution in [3.8, 4) is 11.4 Å². The Labute approximate surface area is 108 Å². The molecule has 1 aromatic carbocycles. The van der Waals surface area contributed by atoms with E-state index in [1.54, 1.807) is 18.2 Å². The Kier molecular flexibility index (Phi) is 2.63. The molecule has 1 heterocycles. The highest BCUT2D eigenvalue weighted by Crippen LogP contribution is 2.39. The quantitative estimate of drug-likeness (QED) is 0.674. The van der Waals surface area contributed by atoms with Crippen LogP contribution in [0.2, 0.25) is 0 Å². The van der Waals surface area contributed by atoms with Crippen molar-refractivity contribution in [2.75, 3.05) is 0 Å². The topological polar surface area (TPSA) is 88.9 Å². The monoisotopic (exact) mass is 257 g/mol. The lowest BCUT2D eigenvalue weighted by atomic mass is 10.1. The lowest BCUT2D eigenvalue weighted by Crippen LogP contribution is -2.10. The van der Waals surface area contributed by atoms with E-state index >= 15 is 0 Å². The van der Waals surface area contributed by atoms with Gasteiger partial charge in [0, 0.05) is 18.1 Å². The van der Waals surface area contributed by atoms with E-state index in [1.807, 2.05) is 0 Å². The summed E-state index contributed by atoms with van der Waals surface area (Å²) in [5.74, 6) is 0.588. The summed E-state index contributed by atoms with van der Waals surface area (Å²) in [6, 6.07) is 7.73. The van der Waals surface area contributed by atoms with Crippen molar-refractivity contribution in [1.82, 2.24) is 9.97 Å². The molecule has 1 aromatic heterocycles. The number of hydrogen-bond donors (Lipinski definition) is 1. The minimum Gasteiger partial charge on any atom is -0.306 e. The van der Waals surface area contributed by atoms with E-state index in [9.17, 15) is 14.9 Å². The van der Waals surface area contributed by atoms with E-state index in [2.05, 4.69) is 9.97 Å². The van der Waals surface area contributed by atoms with Crippen LogP contribution in [-0.2, 0) is 0 Å². The molecule has 3 rings (SSSR count). The maximum atomic E-state index is 11.6. The first-order valence-corrected chi connectivity index (χ1v) is 6.00. The highest BCUT2D eigenvalue weighted by atomic mass is 16.6. The third-order valence-corrected chi connectivity index (χ3v) is 3.11. The Hall–Kier alpha value is -2.50. The van der Waals surface area contributed by atoms with E-state index in [0.29, 0.717) is 11.5 Å². The minimum atomic E-state index is -0.473. The number of hydrogen-bond acceptors (Lipinski definition) is 4. The third-order valence-electron chi connectivity index (χ3n) is 3.11. The van der Waals surface area contributed by atoms with Gasteiger partial charge in [-0.2, -0.15) is 0 Å². The largest absolute Gasteiger partial charge is 0.306 e. The second-order valence-corrected chi connectivity index (χ2v) is 4.57. The van der Waals surface area contributed by atoms with Crippen LogP contribution in [0.5, 0.6) is 0 Å². The number of nitro benzene ring substituents is 1. The van der Waals surface area contributed by atoms with Crippen molar-refractivity contribution in [2.45, 2.75) is 18.8 Å². The summed E-state index contributed by atoms with van der Waals surface area (Å²) in [6.45, 7) is 0. The first kappa shape index (κ1) is 11.6. The maximum absolute atomic E-state index is 11.6. The lowest BCUT2D eigenvalue weighted by Gasteiger charge is -2.04. The first-order valence-electron chi connectivity index (χ1n) is 6.00. The fourth-order valence-corrected chi connectivity index (χ4v) is 2.03. The number of H-pyrrole nitrogens is 1. The van der Waals surface area contributed by atoms with Gasteiger partial charge in [-0.3, -0.25) is 14.9 Å². The summed E-state index contributed by atoms with van der Waals surface area (Å²) in [5.41, 5.74) is 0.729. The number of nitrogens with zero attached hydrogens (tertiary/aromatic N) is 2. The van der Waals surface area contributed by atoms with Gasteiger partial charge in [0.25, 0.3) is 11.2 Å². The Bertz CT molecular complexity index is 704. The molecular formula is C13H11N3O3. The lowest BCUT2D eigenvalue weighted by molar-refractivity contribution is -0.384. The first-order chi connectivity index (χ1) is 9.15. The second-order valence-electron chi connectivity index (χ2n) is 4.57. The number of aromatic nitrogens is 2. The van der Waals surface area contributed by atoms with Crippen LogP contribution in [0.3, 0.4) is 0 Å². The van der Waals surface area contributed by atoms with Gasteiger partial charge in [0.05, 0.1) is 16.2 Å². The molecule has 1 saturated carbocycles. The third kappa shape index (κ3) is 2.24. The Morgan fingerprint density at radius 2 is 2.05 bits per heavy atom. The maximum Gasteiger partial charge on any atom is 0.280 e. The molecule has 6 heteroatoms. The zero-order valence-electron chi connectivity index (χ0n) is 10.00. The van der Waals surface area contributed by atoms with Gasteiger partial charge in [-0.15, -0.1) is 0 Å². The van der Waals surface area contributed by atoms with Gasteiger partial charge < -0.3 is 4.98 Å². The van der Waals surface area contributed by atoms with E-state index in [4.69, 9.17) is 0 Å². The van der Waals surface area contributed by atoms with Crippen LogP contribution in [0.1, 0.15) is 24.5 Å². The average molecular weight is 257 g/mol. The zero-order chi connectivity index (χ0) is 13.4. The fraction of sp³-hybridized carbons (Fsp3) is 0.231. The van der Waals surface area contributed by atoms with Crippen molar-refractivity contribution in [1.29, 1.82) is 0 Å². The molecule has 0 unspecified atom stereocenters. The average Bonchev–Trinajstić information content (AvgIpc) is 3.22. The van der Waals surface area contributed by atoms with E-state index < -0.39 is 4.92 Å². The van der Waals surface area contributed by atoms with Crippen LogP contribution in [0, 0.1) is 10.1 Å². The molecule has 0 spiro atoms. The predicted octanol–water partition coefficient (Wildman–Crippen LogP) is 2.22. The summed E-state index contributed by atoms with van der Waals surface area (Å²) in [7, 11) is 0. The Balaban J connectivity index is 2.16. The molecule has 2 aromatic rings. The number of benzene rings is 1. The van der Waals surface area contributed by atoms with Crippen molar-refractivity contribution in [2.24, 2.45) is 0 Å². The number of aromatic amines is 1. The SMILES string of the molecule is O=c1cc(C2CC2)nc(-c2ccccc2[N+](=O)[O-])[nH]1. The molecule has 0 bridgehead atoms. The molecule has 0 saturated heterocycles. The van der Waals surface area contributed by atoms with Gasteiger partial charge in [-0.25, -0.2) is 4.98 Å². The number of nitro groups is 1. The van der Waals surface area contributed by atoms with E-state index in [-0.39, 0.29) is 17.1 Å². The smallest absolute Gasteiger partial charge is 0.280 e. The van der Waals surface area contributed by atoms with Gasteiger partial charge in [0.15, 0.2) is 0 Å². The molecule has 19 heavy (non-hydrogen) atoms. The van der Waals surface area contributed by atoms with Crippen LogP contribution in [0.4, 0.5) is 5.69 Å². The van der Waals surface area contributed by atoms with Crippen molar-refractivity contribution in [3.63, 3.8) is 0 Å². The van der Waals surface area contributed by atoms with Crippen LogP contribution in [0.25, 0.3) is 11.4 Å². The Morgan fingerprint density at radius 3 is 2.74 bits per heavy atom. The van der Waals surface area contributed by atoms with Crippen molar-refractivity contribution >= 4 is 5.69 Å². The number of para-hydroxylation sites is 1. The summed E-state index contributed by atoms with van der Waals surface area (Å²) >= 11 is 0. The molecule has 1 aliphatic rings. The van der Waals surface area contributed by atoms with Crippen LogP contribution >= 0.6 is 0 Å². The molecule has 0 aliphatic heterocycles. The molecule has 6 nitrogen and oxygen atoms in total. The predicted molar refractivity (Wildman–Crippen MR) is 68.9 cm³/mol. The van der Waals surface area contributed by atoms with E-state index in [0.717, 1.165) is 18.5 Å². The molecule has 0 radical (unpaired) electrons. The summed E-state index contributed by atoms with van der Waals surface area (Å²) in [5, 5.41) is 11.0. The number of rotatable bonds is 3. The zero-order valence-corrected chi connectivity index (χ0v) is 10.00. The summed E-state index contributed by atoms with van der Waals surface area (Å²) in [6.07, 6.45) is 2.04. The second kappa shape index (κ2) is 4.31. The highest BCUT2D eigenvalue weighted by Gasteiger charge is 2.26. The van der Waals surface area contributed by atoms with Crippen LogP contribution in [-0.4, -0.2) is 14.9 Å². The van der Waals surface area contributed by atoms with E-state index in [1.165, 1.54) is 12.1 Å². The molecule has 1 N–H and O–H groups in total. The molecule has 1 fully saturated rings. The molecular weight excluding hydrogens is 246 g/mol. The van der Waals surface area contributed by atoms with Crippen molar-refractivity contribution in [3.05, 3.63) is 56.5 Å². The number of nitrogens with one attached hydrogen (secondary N) is 1. The van der Waals surface area contributed by atoms with Crippen LogP contribution < -0.4 is 5.56 Å². The summed E-state index contributed by atoms with van der Waals surface area (Å²) < 4.78 is 0. The molecule has 96 valence electrons. The van der Waals surface area contributed by atoms with Gasteiger partial charge in [0.2, 0.25) is 0 Å². The minimum absolute atomic E-state index is 0.0569. The van der Waals surface area contributed by atoms with Gasteiger partial charge in [-0.1, -0.05) is 12.1 Å². The normalized spacial score (nSPS) is 14.3. The fourth-order valence-electron chi connectivity index (χ4n) is 2.03. The van der Waals surface area contributed by atoms with Crippen molar-refractivity contribution < 1.29 is 4.92 Å². The standard InChI is InChI=1S/C13H11N3O3/c17-12-7-10(8-5-6-8)14-13(15-12)9-3-1-2-4-11(9)16(18)19/h1-4,7-8H,5-6H2,(H,14,15,17). The summed E-state index contributed by atoms with van der Waals surface area (Å²) in [4.78, 5) is 29.1.